The third-order valence-electron chi connectivity index (χ3n) is 1.79. The average Bonchev–Trinajstić information content (AvgIpc) is 2.22. The summed E-state index contributed by atoms with van der Waals surface area (Å²) in [6.07, 6.45) is 1.83. The third kappa shape index (κ3) is 8.35. The van der Waals surface area contributed by atoms with E-state index in [-0.39, 0.29) is 13.0 Å². The third-order valence-corrected chi connectivity index (χ3v) is 1.79. The van der Waals surface area contributed by atoms with Crippen molar-refractivity contribution in [3.63, 3.8) is 0 Å². The van der Waals surface area contributed by atoms with E-state index in [1.807, 2.05) is 33.8 Å². The lowest BCUT2D eigenvalue weighted by Gasteiger charge is -2.20. The maximum absolute atomic E-state index is 9.71. The predicted octanol–water partition coefficient (Wildman–Crippen LogP) is 2.51. The number of nitriles is 1. The molecule has 0 aliphatic carbocycles. The van der Waals surface area contributed by atoms with Gasteiger partial charge in [-0.2, -0.15) is 5.26 Å². The van der Waals surface area contributed by atoms with Crippen molar-refractivity contribution >= 4 is 0 Å². The van der Waals surface area contributed by atoms with Crippen molar-refractivity contribution in [3.05, 3.63) is 23.7 Å². The summed E-state index contributed by atoms with van der Waals surface area (Å²) in [6.45, 7) is 7.84. The number of hydrogen-bond donors (Lipinski definition) is 1. The van der Waals surface area contributed by atoms with Crippen molar-refractivity contribution in [2.45, 2.75) is 46.3 Å². The van der Waals surface area contributed by atoms with Gasteiger partial charge in [0.15, 0.2) is 6.10 Å². The predicted molar refractivity (Wildman–Crippen MR) is 65.9 cm³/mol. The van der Waals surface area contributed by atoms with Gasteiger partial charge in [0.1, 0.15) is 12.7 Å². The lowest BCUT2D eigenvalue weighted by Crippen LogP contribution is -2.31. The van der Waals surface area contributed by atoms with Crippen LogP contribution in [-0.2, 0) is 9.47 Å². The SMILES string of the molecule is CC(C)=COC[C@H](OC=C(C)C)[C@H](O)CC#N. The molecule has 0 aromatic heterocycles. The lowest BCUT2D eigenvalue weighted by atomic mass is 10.1. The van der Waals surface area contributed by atoms with Gasteiger partial charge in [0, 0.05) is 0 Å². The molecule has 4 heteroatoms. The highest BCUT2D eigenvalue weighted by atomic mass is 16.5. The standard InChI is InChI=1S/C13H21NO3/c1-10(2)7-16-9-13(12(15)5-6-14)17-8-11(3)4/h7-8,12-13,15H,5,9H2,1-4H3/t12-,13+/m1/s1. The van der Waals surface area contributed by atoms with Gasteiger partial charge in [0.05, 0.1) is 25.0 Å². The Morgan fingerprint density at radius 2 is 1.82 bits per heavy atom. The molecule has 0 spiro atoms. The van der Waals surface area contributed by atoms with Gasteiger partial charge in [-0.3, -0.25) is 0 Å². The number of nitrogens with zero attached hydrogens (tertiary/aromatic N) is 1. The molecule has 1 N–H and O–H groups in total. The zero-order chi connectivity index (χ0) is 13.3. The Morgan fingerprint density at radius 1 is 1.24 bits per heavy atom. The van der Waals surface area contributed by atoms with Crippen LogP contribution in [0.5, 0.6) is 0 Å². The number of allylic oxidation sites excluding steroid dienone is 2. The summed E-state index contributed by atoms with van der Waals surface area (Å²) in [5.74, 6) is 0. The van der Waals surface area contributed by atoms with E-state index >= 15 is 0 Å². The molecule has 0 aliphatic heterocycles. The number of ether oxygens (including phenoxy) is 2. The molecule has 0 saturated carbocycles. The Balaban J connectivity index is 4.35. The fraction of sp³-hybridized carbons (Fsp3) is 0.615. The van der Waals surface area contributed by atoms with Gasteiger partial charge >= 0.3 is 0 Å². The summed E-state index contributed by atoms with van der Waals surface area (Å²) < 4.78 is 10.7. The Morgan fingerprint density at radius 3 is 2.29 bits per heavy atom. The zero-order valence-corrected chi connectivity index (χ0v) is 10.9. The van der Waals surface area contributed by atoms with Crippen molar-refractivity contribution in [3.8, 4) is 6.07 Å². The van der Waals surface area contributed by atoms with Crippen molar-refractivity contribution in [1.82, 2.24) is 0 Å². The number of rotatable bonds is 7. The normalized spacial score (nSPS) is 12.9. The summed E-state index contributed by atoms with van der Waals surface area (Å²) in [7, 11) is 0. The van der Waals surface area contributed by atoms with E-state index in [9.17, 15) is 5.11 Å². The minimum atomic E-state index is -0.846. The number of aliphatic hydroxyl groups is 1. The monoisotopic (exact) mass is 239 g/mol. The quantitative estimate of drug-likeness (QED) is 0.693. The first kappa shape index (κ1) is 15.5. The molecule has 0 unspecified atom stereocenters. The van der Waals surface area contributed by atoms with Gasteiger partial charge < -0.3 is 14.6 Å². The van der Waals surface area contributed by atoms with E-state index < -0.39 is 12.2 Å². The molecule has 0 aromatic rings. The molecule has 2 atom stereocenters. The van der Waals surface area contributed by atoms with Crippen molar-refractivity contribution in [2.75, 3.05) is 6.61 Å². The lowest BCUT2D eigenvalue weighted by molar-refractivity contribution is -0.0246. The molecule has 0 amide bonds. The largest absolute Gasteiger partial charge is 0.497 e. The van der Waals surface area contributed by atoms with Crippen molar-refractivity contribution in [2.24, 2.45) is 0 Å². The molecule has 96 valence electrons. The Labute approximate surface area is 103 Å². The second-order valence-corrected chi connectivity index (χ2v) is 4.33. The van der Waals surface area contributed by atoms with E-state index in [1.54, 1.807) is 12.5 Å². The fourth-order valence-electron chi connectivity index (χ4n) is 0.999. The Bertz CT molecular complexity index is 307. The van der Waals surface area contributed by atoms with Gasteiger partial charge in [0.25, 0.3) is 0 Å². The summed E-state index contributed by atoms with van der Waals surface area (Å²) in [5.41, 5.74) is 2.02. The van der Waals surface area contributed by atoms with Gasteiger partial charge in [-0.1, -0.05) is 0 Å². The second kappa shape index (κ2) is 8.66. The van der Waals surface area contributed by atoms with Gasteiger partial charge in [-0.25, -0.2) is 0 Å². The second-order valence-electron chi connectivity index (χ2n) is 4.33. The van der Waals surface area contributed by atoms with Crippen LogP contribution in [0.3, 0.4) is 0 Å². The summed E-state index contributed by atoms with van der Waals surface area (Å²) >= 11 is 0. The maximum Gasteiger partial charge on any atom is 0.158 e. The molecule has 0 bridgehead atoms. The van der Waals surface area contributed by atoms with E-state index in [4.69, 9.17) is 14.7 Å². The van der Waals surface area contributed by atoms with Gasteiger partial charge in [-0.05, 0) is 38.8 Å². The smallest absolute Gasteiger partial charge is 0.158 e. The van der Waals surface area contributed by atoms with Crippen LogP contribution in [0.25, 0.3) is 0 Å². The first-order chi connectivity index (χ1) is 7.97. The first-order valence-electron chi connectivity index (χ1n) is 5.56. The summed E-state index contributed by atoms with van der Waals surface area (Å²) in [5, 5.41) is 18.3. The molecular formula is C13H21NO3. The van der Waals surface area contributed by atoms with Crippen LogP contribution >= 0.6 is 0 Å². The molecule has 17 heavy (non-hydrogen) atoms. The maximum atomic E-state index is 9.71. The van der Waals surface area contributed by atoms with Crippen molar-refractivity contribution in [1.29, 1.82) is 5.26 Å². The molecule has 0 fully saturated rings. The highest BCUT2D eigenvalue weighted by molar-refractivity contribution is 4.90. The van der Waals surface area contributed by atoms with Crippen LogP contribution in [0.2, 0.25) is 0 Å². The molecule has 0 saturated heterocycles. The number of aliphatic hydroxyl groups excluding tert-OH is 1. The van der Waals surface area contributed by atoms with Crippen LogP contribution in [0.15, 0.2) is 23.7 Å². The molecule has 0 aromatic carbocycles. The molecule has 0 aliphatic rings. The van der Waals surface area contributed by atoms with E-state index in [0.29, 0.717) is 0 Å². The van der Waals surface area contributed by atoms with Gasteiger partial charge in [-0.15, -0.1) is 0 Å². The zero-order valence-electron chi connectivity index (χ0n) is 10.9. The summed E-state index contributed by atoms with van der Waals surface area (Å²) in [6, 6.07) is 1.91. The Kier molecular flexibility index (Phi) is 7.91. The molecular weight excluding hydrogens is 218 g/mol. The average molecular weight is 239 g/mol. The van der Waals surface area contributed by atoms with Crippen LogP contribution in [-0.4, -0.2) is 23.9 Å². The van der Waals surface area contributed by atoms with E-state index in [2.05, 4.69) is 0 Å². The topological polar surface area (TPSA) is 62.5 Å². The van der Waals surface area contributed by atoms with E-state index in [0.717, 1.165) is 11.1 Å². The van der Waals surface area contributed by atoms with Crippen LogP contribution in [0.4, 0.5) is 0 Å². The molecule has 4 nitrogen and oxygen atoms in total. The van der Waals surface area contributed by atoms with Crippen LogP contribution < -0.4 is 0 Å². The van der Waals surface area contributed by atoms with Crippen molar-refractivity contribution < 1.29 is 14.6 Å². The fourth-order valence-corrected chi connectivity index (χ4v) is 0.999. The minimum absolute atomic E-state index is 0.0272. The van der Waals surface area contributed by atoms with Gasteiger partial charge in [0.2, 0.25) is 0 Å². The molecule has 0 radical (unpaired) electrons. The molecule has 0 rings (SSSR count). The minimum Gasteiger partial charge on any atom is -0.497 e. The Hall–Kier alpha value is -1.47. The van der Waals surface area contributed by atoms with Crippen LogP contribution in [0, 0.1) is 11.3 Å². The highest BCUT2D eigenvalue weighted by Crippen LogP contribution is 2.07. The van der Waals surface area contributed by atoms with Crippen LogP contribution in [0.1, 0.15) is 34.1 Å². The molecule has 0 heterocycles. The highest BCUT2D eigenvalue weighted by Gasteiger charge is 2.20. The number of hydrogen-bond acceptors (Lipinski definition) is 4. The first-order valence-corrected chi connectivity index (χ1v) is 5.56. The van der Waals surface area contributed by atoms with E-state index in [1.165, 1.54) is 0 Å². The summed E-state index contributed by atoms with van der Waals surface area (Å²) in [4.78, 5) is 0.